The minimum atomic E-state index is 0.504. The molecule has 0 aromatic carbocycles. The normalized spacial score (nSPS) is 12.1. The number of hydrogen-bond acceptors (Lipinski definition) is 1. The fourth-order valence-corrected chi connectivity index (χ4v) is 2.28. The average Bonchev–Trinajstić information content (AvgIpc) is 3.04. The topological polar surface area (TPSA) is 17.8 Å². The summed E-state index contributed by atoms with van der Waals surface area (Å²) in [4.78, 5) is 4.40. The Bertz CT molecular complexity index is 603. The van der Waals surface area contributed by atoms with Crippen LogP contribution in [0.25, 0.3) is 0 Å². The molecule has 2 heterocycles. The van der Waals surface area contributed by atoms with E-state index in [0.717, 1.165) is 12.8 Å². The van der Waals surface area contributed by atoms with E-state index in [1.165, 1.54) is 23.3 Å². The Morgan fingerprint density at radius 1 is 1.08 bits per heavy atom. The van der Waals surface area contributed by atoms with E-state index in [1.54, 1.807) is 0 Å². The van der Waals surface area contributed by atoms with Gasteiger partial charge in [-0.25, -0.2) is 0 Å². The molecule has 0 amide bonds. The summed E-state index contributed by atoms with van der Waals surface area (Å²) in [5, 5.41) is 0. The summed E-state index contributed by atoms with van der Waals surface area (Å²) in [7, 11) is 2.00. The lowest BCUT2D eigenvalue weighted by atomic mass is 10.0. The van der Waals surface area contributed by atoms with Crippen molar-refractivity contribution >= 4 is 0 Å². The Hall–Kier alpha value is -2.09. The van der Waals surface area contributed by atoms with E-state index < -0.39 is 0 Å². The molecule has 2 rings (SSSR count). The molecule has 24 heavy (non-hydrogen) atoms. The van der Waals surface area contributed by atoms with Crippen LogP contribution >= 0.6 is 0 Å². The minimum absolute atomic E-state index is 0.504. The van der Waals surface area contributed by atoms with Crippen molar-refractivity contribution in [2.24, 2.45) is 7.05 Å². The van der Waals surface area contributed by atoms with Crippen molar-refractivity contribution in [2.75, 3.05) is 0 Å². The maximum atomic E-state index is 4.40. The Balaban J connectivity index is 0.000000400. The average molecular weight is 325 g/mol. The van der Waals surface area contributed by atoms with Gasteiger partial charge in [-0.05, 0) is 64.3 Å². The summed E-state index contributed by atoms with van der Waals surface area (Å²) < 4.78 is 2.00. The lowest BCUT2D eigenvalue weighted by Crippen LogP contribution is -1.95. The lowest BCUT2D eigenvalue weighted by Gasteiger charge is -2.08. The van der Waals surface area contributed by atoms with Gasteiger partial charge in [-0.1, -0.05) is 36.3 Å². The number of aryl methyl sites for hydroxylation is 1. The quantitative estimate of drug-likeness (QED) is 0.571. The van der Waals surface area contributed by atoms with Crippen LogP contribution in [0.5, 0.6) is 0 Å². The molecule has 0 saturated heterocycles. The summed E-state index contributed by atoms with van der Waals surface area (Å²) in [5.41, 5.74) is 4.07. The molecule has 1 atom stereocenters. The van der Waals surface area contributed by atoms with Gasteiger partial charge in [0.15, 0.2) is 0 Å². The molecule has 0 radical (unpaired) electrons. The highest BCUT2D eigenvalue weighted by molar-refractivity contribution is 5.11. The van der Waals surface area contributed by atoms with Gasteiger partial charge in [-0.2, -0.15) is 0 Å². The Morgan fingerprint density at radius 3 is 2.29 bits per heavy atom. The molecule has 2 aromatic heterocycles. The van der Waals surface area contributed by atoms with Crippen molar-refractivity contribution in [1.29, 1.82) is 0 Å². The van der Waals surface area contributed by atoms with E-state index >= 15 is 0 Å². The zero-order chi connectivity index (χ0) is 17.8. The Labute approximate surface area is 147 Å². The van der Waals surface area contributed by atoms with Gasteiger partial charge < -0.3 is 4.57 Å². The predicted molar refractivity (Wildman–Crippen MR) is 105 cm³/mol. The first-order valence-corrected chi connectivity index (χ1v) is 8.76. The predicted octanol–water partition coefficient (Wildman–Crippen LogP) is 6.29. The van der Waals surface area contributed by atoms with Crippen molar-refractivity contribution in [3.63, 3.8) is 0 Å². The number of hydrogen-bond donors (Lipinski definition) is 0. The molecule has 1 unspecified atom stereocenters. The summed E-state index contributed by atoms with van der Waals surface area (Å²) in [6.45, 7) is 8.77. The second-order valence-corrected chi connectivity index (χ2v) is 6.61. The number of aromatic nitrogens is 2. The third-order valence-corrected chi connectivity index (χ3v) is 3.86. The summed E-state index contributed by atoms with van der Waals surface area (Å²) in [6.07, 6.45) is 13.9. The van der Waals surface area contributed by atoms with Crippen molar-refractivity contribution < 1.29 is 0 Å². The van der Waals surface area contributed by atoms with Gasteiger partial charge in [0.2, 0.25) is 0 Å². The number of allylic oxidation sites excluding steroid dienone is 4. The molecule has 2 aromatic rings. The highest BCUT2D eigenvalue weighted by Crippen LogP contribution is 2.18. The molecule has 0 spiro atoms. The first kappa shape index (κ1) is 20.0. The second kappa shape index (κ2) is 11.4. The Morgan fingerprint density at radius 2 is 1.79 bits per heavy atom. The van der Waals surface area contributed by atoms with Gasteiger partial charge in [0, 0.05) is 37.3 Å². The van der Waals surface area contributed by atoms with Crippen LogP contribution in [0, 0.1) is 0 Å². The summed E-state index contributed by atoms with van der Waals surface area (Å²) >= 11 is 0. The molecule has 2 nitrogen and oxygen atoms in total. The van der Waals surface area contributed by atoms with Crippen LogP contribution in [0.4, 0.5) is 0 Å². The van der Waals surface area contributed by atoms with Gasteiger partial charge in [-0.15, -0.1) is 0 Å². The zero-order valence-corrected chi connectivity index (χ0v) is 15.9. The van der Waals surface area contributed by atoms with E-state index in [9.17, 15) is 0 Å². The van der Waals surface area contributed by atoms with E-state index in [-0.39, 0.29) is 0 Å². The Kier molecular flexibility index (Phi) is 9.52. The van der Waals surface area contributed by atoms with E-state index in [4.69, 9.17) is 0 Å². The van der Waals surface area contributed by atoms with Crippen LogP contribution in [0.1, 0.15) is 58.6 Å². The largest absolute Gasteiger partial charge is 0.357 e. The van der Waals surface area contributed by atoms with Gasteiger partial charge in [-0.3, -0.25) is 4.98 Å². The molecule has 0 aliphatic carbocycles. The van der Waals surface area contributed by atoms with Crippen molar-refractivity contribution in [2.45, 2.75) is 52.9 Å². The molecule has 0 bridgehead atoms. The second-order valence-electron chi connectivity index (χ2n) is 6.61. The van der Waals surface area contributed by atoms with Crippen LogP contribution < -0.4 is 0 Å². The number of pyridine rings is 1. The summed E-state index contributed by atoms with van der Waals surface area (Å²) in [5.74, 6) is 0.504. The third-order valence-electron chi connectivity index (χ3n) is 3.86. The first-order valence-electron chi connectivity index (χ1n) is 8.76. The fourth-order valence-electron chi connectivity index (χ4n) is 2.28. The van der Waals surface area contributed by atoms with Gasteiger partial charge in [0.1, 0.15) is 0 Å². The highest BCUT2D eigenvalue weighted by Gasteiger charge is 2.04. The molecule has 130 valence electrons. The van der Waals surface area contributed by atoms with Crippen LogP contribution in [0.2, 0.25) is 0 Å². The van der Waals surface area contributed by atoms with Crippen LogP contribution in [0.3, 0.4) is 0 Å². The molecule has 2 heteroatoms. The first-order chi connectivity index (χ1) is 11.5. The van der Waals surface area contributed by atoms with E-state index in [2.05, 4.69) is 57.0 Å². The SMILES string of the molecule is CC(C)=CCCC(C)=CCC(C)c1ccccn1.Cn1cccc1. The molecule has 0 fully saturated rings. The molecular weight excluding hydrogens is 292 g/mol. The monoisotopic (exact) mass is 324 g/mol. The fraction of sp³-hybridized carbons (Fsp3) is 0.409. The van der Waals surface area contributed by atoms with Crippen LogP contribution in [-0.2, 0) is 7.05 Å². The smallest absolute Gasteiger partial charge is 0.0434 e. The van der Waals surface area contributed by atoms with Crippen molar-refractivity contribution in [3.8, 4) is 0 Å². The van der Waals surface area contributed by atoms with Gasteiger partial charge in [0.25, 0.3) is 0 Å². The molecular formula is C22H32N2. The standard InChI is InChI=1S/C17H25N.C5H7N/c1-14(2)8-7-9-15(3)11-12-16(4)17-10-5-6-13-18-17;1-6-4-2-3-5-6/h5-6,8,10-11,13,16H,7,9,12H2,1-4H3;2-5H,1H3. The van der Waals surface area contributed by atoms with E-state index in [0.29, 0.717) is 5.92 Å². The van der Waals surface area contributed by atoms with Gasteiger partial charge >= 0.3 is 0 Å². The molecule has 0 saturated carbocycles. The number of nitrogens with zero attached hydrogens (tertiary/aromatic N) is 2. The summed E-state index contributed by atoms with van der Waals surface area (Å²) in [6, 6.07) is 10.1. The van der Waals surface area contributed by atoms with Crippen molar-refractivity contribution in [3.05, 3.63) is 77.9 Å². The number of rotatable bonds is 6. The maximum absolute atomic E-state index is 4.40. The molecule has 0 N–H and O–H groups in total. The lowest BCUT2D eigenvalue weighted by molar-refractivity contribution is 0.742. The van der Waals surface area contributed by atoms with Crippen LogP contribution in [-0.4, -0.2) is 9.55 Å². The van der Waals surface area contributed by atoms with E-state index in [1.807, 2.05) is 48.4 Å². The highest BCUT2D eigenvalue weighted by atomic mass is 14.9. The maximum Gasteiger partial charge on any atom is 0.0434 e. The van der Waals surface area contributed by atoms with Gasteiger partial charge in [0.05, 0.1) is 0 Å². The molecule has 0 aliphatic heterocycles. The minimum Gasteiger partial charge on any atom is -0.357 e. The molecule has 0 aliphatic rings. The van der Waals surface area contributed by atoms with Crippen LogP contribution in [0.15, 0.2) is 72.2 Å². The van der Waals surface area contributed by atoms with Crippen molar-refractivity contribution in [1.82, 2.24) is 9.55 Å². The third kappa shape index (κ3) is 9.14. The zero-order valence-electron chi connectivity index (χ0n) is 15.9.